The molecule has 0 bridgehead atoms. The fourth-order valence-electron chi connectivity index (χ4n) is 6.16. The molecule has 0 unspecified atom stereocenters. The summed E-state index contributed by atoms with van der Waals surface area (Å²) >= 11 is 3.64. The molecule has 0 aliphatic carbocycles. The molecule has 0 aromatic heterocycles. The van der Waals surface area contributed by atoms with Crippen LogP contribution in [-0.4, -0.2) is 33.0 Å². The maximum absolute atomic E-state index is 5.80. The Bertz CT molecular complexity index is 1460. The van der Waals surface area contributed by atoms with Gasteiger partial charge in [0.15, 0.2) is 11.5 Å². The number of aliphatic imine (C=N–C) groups is 1. The van der Waals surface area contributed by atoms with Crippen LogP contribution in [0.5, 0.6) is 11.5 Å². The highest BCUT2D eigenvalue weighted by molar-refractivity contribution is 9.10. The van der Waals surface area contributed by atoms with Crippen molar-refractivity contribution < 1.29 is 9.47 Å². The molecule has 4 aromatic rings. The van der Waals surface area contributed by atoms with Gasteiger partial charge in [0.2, 0.25) is 0 Å². The lowest BCUT2D eigenvalue weighted by molar-refractivity contribution is 0.324. The molecule has 40 heavy (non-hydrogen) atoms. The Balaban J connectivity index is 1.45. The van der Waals surface area contributed by atoms with Gasteiger partial charge in [0.1, 0.15) is 6.61 Å². The molecule has 0 amide bonds. The summed E-state index contributed by atoms with van der Waals surface area (Å²) in [6.07, 6.45) is 5.85. The smallest absolute Gasteiger partial charge is 0.175 e. The van der Waals surface area contributed by atoms with Crippen molar-refractivity contribution in [3.05, 3.63) is 130 Å². The van der Waals surface area contributed by atoms with E-state index in [9.17, 15) is 0 Å². The van der Waals surface area contributed by atoms with E-state index in [-0.39, 0.29) is 0 Å². The van der Waals surface area contributed by atoms with E-state index < -0.39 is 0 Å². The van der Waals surface area contributed by atoms with Crippen molar-refractivity contribution in [2.75, 3.05) is 31.7 Å². The van der Waals surface area contributed by atoms with Crippen molar-refractivity contribution in [2.45, 2.75) is 24.7 Å². The summed E-state index contributed by atoms with van der Waals surface area (Å²) in [4.78, 5) is 7.63. The van der Waals surface area contributed by atoms with E-state index in [4.69, 9.17) is 14.5 Å². The largest absolute Gasteiger partial charge is 0.493 e. The van der Waals surface area contributed by atoms with E-state index in [0.29, 0.717) is 29.9 Å². The van der Waals surface area contributed by atoms with Gasteiger partial charge in [0.05, 0.1) is 17.3 Å². The zero-order valence-electron chi connectivity index (χ0n) is 22.7. The second kappa shape index (κ2) is 11.7. The Morgan fingerprint density at radius 1 is 0.900 bits per heavy atom. The number of hydrogen-bond acceptors (Lipinski definition) is 4. The molecule has 0 spiro atoms. The fraction of sp³-hybridized carbons (Fsp3) is 0.229. The quantitative estimate of drug-likeness (QED) is 0.152. The Morgan fingerprint density at radius 3 is 2.05 bits per heavy atom. The molecule has 6 rings (SSSR count). The SMILES string of the molecule is C=CCOc1c(Br)cc(C=Nc2cc3c4c(c2)[C@H](c2ccccc2)CCN4CC[C@@H]3c2ccccc2)cc1OC. The number of benzene rings is 4. The van der Waals surface area contributed by atoms with Gasteiger partial charge in [-0.1, -0.05) is 73.3 Å². The molecule has 0 N–H and O–H groups in total. The third kappa shape index (κ3) is 5.18. The number of rotatable bonds is 8. The first-order valence-electron chi connectivity index (χ1n) is 13.8. The summed E-state index contributed by atoms with van der Waals surface area (Å²) in [6.45, 7) is 6.31. The number of halogens is 1. The van der Waals surface area contributed by atoms with Crippen molar-refractivity contribution in [2.24, 2.45) is 4.99 Å². The van der Waals surface area contributed by atoms with E-state index in [1.807, 2.05) is 18.3 Å². The van der Waals surface area contributed by atoms with Gasteiger partial charge in [-0.3, -0.25) is 4.99 Å². The molecular formula is C35H33BrN2O2. The van der Waals surface area contributed by atoms with Gasteiger partial charge in [0.25, 0.3) is 0 Å². The summed E-state index contributed by atoms with van der Waals surface area (Å²) in [6, 6.07) is 30.4. The topological polar surface area (TPSA) is 34.1 Å². The molecule has 0 saturated carbocycles. The predicted octanol–water partition coefficient (Wildman–Crippen LogP) is 8.65. The lowest BCUT2D eigenvalue weighted by Crippen LogP contribution is -2.37. The Morgan fingerprint density at radius 2 is 1.50 bits per heavy atom. The van der Waals surface area contributed by atoms with Crippen molar-refractivity contribution in [3.63, 3.8) is 0 Å². The Kier molecular flexibility index (Phi) is 7.74. The van der Waals surface area contributed by atoms with Crippen LogP contribution in [0.3, 0.4) is 0 Å². The van der Waals surface area contributed by atoms with Gasteiger partial charge in [-0.2, -0.15) is 0 Å². The normalized spacial score (nSPS) is 17.9. The van der Waals surface area contributed by atoms with Crippen LogP contribution in [-0.2, 0) is 0 Å². The van der Waals surface area contributed by atoms with Crippen LogP contribution < -0.4 is 14.4 Å². The maximum atomic E-state index is 5.80. The minimum atomic E-state index is 0.353. The van der Waals surface area contributed by atoms with Gasteiger partial charge in [-0.05, 0) is 80.9 Å². The zero-order valence-corrected chi connectivity index (χ0v) is 24.3. The van der Waals surface area contributed by atoms with Crippen LogP contribution in [0, 0.1) is 0 Å². The first-order chi connectivity index (χ1) is 19.7. The fourth-order valence-corrected chi connectivity index (χ4v) is 6.73. The molecule has 2 heterocycles. The second-order valence-corrected chi connectivity index (χ2v) is 11.2. The molecule has 0 radical (unpaired) electrons. The summed E-state index contributed by atoms with van der Waals surface area (Å²) in [5, 5.41) is 0. The predicted molar refractivity (Wildman–Crippen MR) is 168 cm³/mol. The van der Waals surface area contributed by atoms with Crippen LogP contribution in [0.1, 0.15) is 52.5 Å². The third-order valence-electron chi connectivity index (χ3n) is 7.96. The molecule has 0 saturated heterocycles. The lowest BCUT2D eigenvalue weighted by atomic mass is 9.76. The lowest BCUT2D eigenvalue weighted by Gasteiger charge is -2.43. The molecule has 2 aliphatic heterocycles. The molecule has 2 aliphatic rings. The summed E-state index contributed by atoms with van der Waals surface area (Å²) < 4.78 is 12.2. The molecule has 2 atom stereocenters. The number of ether oxygens (including phenoxy) is 2. The standard InChI is InChI=1S/C35H33BrN2O2/c1-3-18-40-35-32(36)19-24(20-33(35)39-2)23-37-27-21-30-28(25-10-6-4-7-11-25)14-16-38-17-15-29(31(22-27)34(30)38)26-12-8-5-9-13-26/h3-13,19-23,28-29H,1,14-18H2,2H3/t28-,29+. The number of nitrogens with zero attached hydrogens (tertiary/aromatic N) is 2. The number of hydrogen-bond donors (Lipinski definition) is 0. The zero-order chi connectivity index (χ0) is 27.5. The van der Waals surface area contributed by atoms with E-state index in [2.05, 4.69) is 100 Å². The van der Waals surface area contributed by atoms with Gasteiger partial charge >= 0.3 is 0 Å². The van der Waals surface area contributed by atoms with E-state index >= 15 is 0 Å². The van der Waals surface area contributed by atoms with Crippen LogP contribution in [0.15, 0.2) is 107 Å². The highest BCUT2D eigenvalue weighted by atomic mass is 79.9. The molecule has 0 fully saturated rings. The minimum Gasteiger partial charge on any atom is -0.493 e. The highest BCUT2D eigenvalue weighted by Crippen LogP contribution is 2.50. The molecule has 5 heteroatoms. The van der Waals surface area contributed by atoms with Crippen molar-refractivity contribution in [3.8, 4) is 11.5 Å². The Labute approximate surface area is 245 Å². The van der Waals surface area contributed by atoms with Gasteiger partial charge in [-0.15, -0.1) is 0 Å². The maximum Gasteiger partial charge on any atom is 0.175 e. The average molecular weight is 594 g/mol. The van der Waals surface area contributed by atoms with Crippen LogP contribution >= 0.6 is 15.9 Å². The first kappa shape index (κ1) is 26.4. The van der Waals surface area contributed by atoms with E-state index in [0.717, 1.165) is 41.7 Å². The van der Waals surface area contributed by atoms with Gasteiger partial charge in [0, 0.05) is 36.8 Å². The number of methoxy groups -OCH3 is 1. The summed E-state index contributed by atoms with van der Waals surface area (Å²) in [5.74, 6) is 2.02. The van der Waals surface area contributed by atoms with E-state index in [1.54, 1.807) is 13.2 Å². The minimum absolute atomic E-state index is 0.353. The molecular weight excluding hydrogens is 560 g/mol. The highest BCUT2D eigenvalue weighted by Gasteiger charge is 2.35. The molecule has 4 aromatic carbocycles. The summed E-state index contributed by atoms with van der Waals surface area (Å²) in [5.41, 5.74) is 8.83. The summed E-state index contributed by atoms with van der Waals surface area (Å²) in [7, 11) is 1.65. The Hall–Kier alpha value is -3.83. The van der Waals surface area contributed by atoms with Gasteiger partial charge < -0.3 is 14.4 Å². The van der Waals surface area contributed by atoms with Crippen LogP contribution in [0.25, 0.3) is 0 Å². The third-order valence-corrected chi connectivity index (χ3v) is 8.55. The average Bonchev–Trinajstić information content (AvgIpc) is 3.00. The number of anilines is 1. The van der Waals surface area contributed by atoms with Crippen molar-refractivity contribution in [1.29, 1.82) is 0 Å². The monoisotopic (exact) mass is 592 g/mol. The second-order valence-electron chi connectivity index (χ2n) is 10.4. The first-order valence-corrected chi connectivity index (χ1v) is 14.6. The molecule has 202 valence electrons. The van der Waals surface area contributed by atoms with Crippen LogP contribution in [0.2, 0.25) is 0 Å². The van der Waals surface area contributed by atoms with Crippen molar-refractivity contribution >= 4 is 33.5 Å². The van der Waals surface area contributed by atoms with Gasteiger partial charge in [-0.25, -0.2) is 0 Å². The van der Waals surface area contributed by atoms with E-state index in [1.165, 1.54) is 27.9 Å². The van der Waals surface area contributed by atoms with Crippen molar-refractivity contribution in [1.82, 2.24) is 0 Å². The molecule has 4 nitrogen and oxygen atoms in total. The van der Waals surface area contributed by atoms with Crippen LogP contribution in [0.4, 0.5) is 11.4 Å².